The van der Waals surface area contributed by atoms with Crippen LogP contribution in [0.1, 0.15) is 10.4 Å². The first-order valence-corrected chi connectivity index (χ1v) is 8.33. The molecule has 3 aromatic rings. The number of anilines is 1. The molecular formula is C19H14ClFN2O3. The Morgan fingerprint density at radius 2 is 1.88 bits per heavy atom. The average Bonchev–Trinajstić information content (AvgIpc) is 3.18. The molecule has 0 aliphatic carbocycles. The molecular weight excluding hydrogens is 359 g/mol. The van der Waals surface area contributed by atoms with Gasteiger partial charge in [0.15, 0.2) is 11.5 Å². The number of nitrogens with one attached hydrogen (secondary N) is 1. The van der Waals surface area contributed by atoms with Crippen LogP contribution in [0.4, 0.5) is 10.1 Å². The van der Waals surface area contributed by atoms with Crippen molar-refractivity contribution in [1.29, 1.82) is 0 Å². The minimum absolute atomic E-state index is 0.0761. The highest BCUT2D eigenvalue weighted by Gasteiger charge is 2.20. The largest absolute Gasteiger partial charge is 0.486 e. The zero-order valence-corrected chi connectivity index (χ0v) is 14.3. The van der Waals surface area contributed by atoms with Crippen molar-refractivity contribution in [2.24, 2.45) is 0 Å². The minimum Gasteiger partial charge on any atom is -0.486 e. The maximum atomic E-state index is 14.1. The van der Waals surface area contributed by atoms with E-state index in [-0.39, 0.29) is 16.3 Å². The molecule has 0 atom stereocenters. The number of amides is 1. The quantitative estimate of drug-likeness (QED) is 0.746. The maximum Gasteiger partial charge on any atom is 0.255 e. The molecule has 7 heteroatoms. The molecule has 2 heterocycles. The number of benzene rings is 2. The van der Waals surface area contributed by atoms with E-state index in [9.17, 15) is 9.18 Å². The lowest BCUT2D eigenvalue weighted by atomic mass is 10.1. The van der Waals surface area contributed by atoms with Gasteiger partial charge in [0.05, 0.1) is 10.7 Å². The average molecular weight is 373 g/mol. The van der Waals surface area contributed by atoms with Crippen molar-refractivity contribution in [3.05, 3.63) is 71.3 Å². The summed E-state index contributed by atoms with van der Waals surface area (Å²) in [5.74, 6) is -0.212. The Labute approximate surface area is 153 Å². The molecule has 1 aromatic heterocycles. The summed E-state index contributed by atoms with van der Waals surface area (Å²) in [6.07, 6.45) is 3.67. The fourth-order valence-electron chi connectivity index (χ4n) is 2.71. The topological polar surface area (TPSA) is 52.5 Å². The molecule has 132 valence electrons. The number of nitrogens with zero attached hydrogens (tertiary/aromatic N) is 1. The van der Waals surface area contributed by atoms with E-state index in [4.69, 9.17) is 21.1 Å². The van der Waals surface area contributed by atoms with Crippen molar-refractivity contribution in [2.75, 3.05) is 18.5 Å². The van der Waals surface area contributed by atoms with Gasteiger partial charge in [0, 0.05) is 23.6 Å². The molecule has 1 N–H and O–H groups in total. The van der Waals surface area contributed by atoms with E-state index in [1.807, 2.05) is 29.1 Å². The molecule has 2 aromatic carbocycles. The van der Waals surface area contributed by atoms with Crippen molar-refractivity contribution in [3.8, 4) is 17.2 Å². The van der Waals surface area contributed by atoms with Gasteiger partial charge >= 0.3 is 0 Å². The molecule has 0 bridgehead atoms. The van der Waals surface area contributed by atoms with Crippen LogP contribution in [0.2, 0.25) is 5.02 Å². The predicted octanol–water partition coefficient (Wildman–Crippen LogP) is 4.29. The van der Waals surface area contributed by atoms with Gasteiger partial charge in [-0.3, -0.25) is 4.79 Å². The van der Waals surface area contributed by atoms with Gasteiger partial charge in [0.2, 0.25) is 0 Å². The van der Waals surface area contributed by atoms with Gasteiger partial charge in [0.1, 0.15) is 19.0 Å². The first kappa shape index (κ1) is 16.5. The van der Waals surface area contributed by atoms with Gasteiger partial charge in [-0.2, -0.15) is 0 Å². The summed E-state index contributed by atoms with van der Waals surface area (Å²) in [4.78, 5) is 12.6. The van der Waals surface area contributed by atoms with Gasteiger partial charge < -0.3 is 19.4 Å². The fourth-order valence-corrected chi connectivity index (χ4v) is 2.98. The Bertz CT molecular complexity index is 973. The summed E-state index contributed by atoms with van der Waals surface area (Å²) in [6.45, 7) is 0.775. The highest BCUT2D eigenvalue weighted by Crippen LogP contribution is 2.38. The number of hydrogen-bond donors (Lipinski definition) is 1. The predicted molar refractivity (Wildman–Crippen MR) is 96.1 cm³/mol. The van der Waals surface area contributed by atoms with Gasteiger partial charge in [0.25, 0.3) is 5.91 Å². The lowest BCUT2D eigenvalue weighted by Crippen LogP contribution is -2.18. The molecule has 0 fully saturated rings. The van der Waals surface area contributed by atoms with Crippen LogP contribution in [0.3, 0.4) is 0 Å². The van der Waals surface area contributed by atoms with Gasteiger partial charge in [-0.05, 0) is 42.5 Å². The number of ether oxygens (including phenoxy) is 2. The number of halogens is 2. The van der Waals surface area contributed by atoms with Crippen molar-refractivity contribution in [2.45, 2.75) is 0 Å². The highest BCUT2D eigenvalue weighted by molar-refractivity contribution is 6.32. The van der Waals surface area contributed by atoms with E-state index in [2.05, 4.69) is 5.32 Å². The third-order valence-electron chi connectivity index (χ3n) is 3.96. The standard InChI is InChI=1S/C19H14ClFN2O3/c20-14-9-12(10-17-18(14)26-8-7-25-17)19(24)22-16-11-13(3-4-15(16)21)23-5-1-2-6-23/h1-6,9-11H,7-8H2,(H,22,24). The molecule has 1 aliphatic heterocycles. The van der Waals surface area contributed by atoms with Crippen LogP contribution in [0, 0.1) is 5.82 Å². The van der Waals surface area contributed by atoms with Crippen molar-refractivity contribution >= 4 is 23.2 Å². The Balaban J connectivity index is 1.62. The summed E-state index contributed by atoms with van der Waals surface area (Å²) >= 11 is 6.16. The first-order valence-electron chi connectivity index (χ1n) is 7.95. The molecule has 1 aliphatic rings. The third kappa shape index (κ3) is 3.11. The zero-order chi connectivity index (χ0) is 18.1. The second-order valence-electron chi connectivity index (χ2n) is 5.69. The Kier molecular flexibility index (Phi) is 4.26. The van der Waals surface area contributed by atoms with E-state index in [1.165, 1.54) is 18.2 Å². The Hall–Kier alpha value is -2.99. The number of carbonyl (C=O) groups excluding carboxylic acids is 1. The molecule has 4 rings (SSSR count). The molecule has 26 heavy (non-hydrogen) atoms. The van der Waals surface area contributed by atoms with Crippen molar-refractivity contribution in [3.63, 3.8) is 0 Å². The molecule has 0 spiro atoms. The summed E-state index contributed by atoms with van der Waals surface area (Å²) in [6, 6.07) is 11.2. The summed E-state index contributed by atoms with van der Waals surface area (Å²) in [5, 5.41) is 2.85. The van der Waals surface area contributed by atoms with Crippen LogP contribution < -0.4 is 14.8 Å². The van der Waals surface area contributed by atoms with Crippen molar-refractivity contribution in [1.82, 2.24) is 4.57 Å². The van der Waals surface area contributed by atoms with Crippen LogP contribution in [-0.4, -0.2) is 23.7 Å². The van der Waals surface area contributed by atoms with E-state index in [0.717, 1.165) is 5.69 Å². The van der Waals surface area contributed by atoms with E-state index >= 15 is 0 Å². The van der Waals surface area contributed by atoms with Gasteiger partial charge in [-0.25, -0.2) is 4.39 Å². The number of carbonyl (C=O) groups is 1. The zero-order valence-electron chi connectivity index (χ0n) is 13.5. The molecule has 0 unspecified atom stereocenters. The molecule has 1 amide bonds. The van der Waals surface area contributed by atoms with E-state index in [0.29, 0.717) is 24.7 Å². The Morgan fingerprint density at radius 1 is 1.12 bits per heavy atom. The smallest absolute Gasteiger partial charge is 0.255 e. The number of rotatable bonds is 3. The second-order valence-corrected chi connectivity index (χ2v) is 6.10. The van der Waals surface area contributed by atoms with Crippen LogP contribution in [0.25, 0.3) is 5.69 Å². The Morgan fingerprint density at radius 3 is 2.69 bits per heavy atom. The fraction of sp³-hybridized carbons (Fsp3) is 0.105. The third-order valence-corrected chi connectivity index (χ3v) is 4.24. The maximum absolute atomic E-state index is 14.1. The van der Waals surface area contributed by atoms with Crippen LogP contribution in [0.5, 0.6) is 11.5 Å². The van der Waals surface area contributed by atoms with Crippen LogP contribution >= 0.6 is 11.6 Å². The summed E-state index contributed by atoms with van der Waals surface area (Å²) in [5.41, 5.74) is 1.06. The van der Waals surface area contributed by atoms with E-state index in [1.54, 1.807) is 12.1 Å². The first-order chi connectivity index (χ1) is 12.6. The lowest BCUT2D eigenvalue weighted by molar-refractivity contribution is 0.102. The molecule has 5 nitrogen and oxygen atoms in total. The number of aromatic nitrogens is 1. The van der Waals surface area contributed by atoms with Crippen LogP contribution in [-0.2, 0) is 0 Å². The summed E-state index contributed by atoms with van der Waals surface area (Å²) < 4.78 is 26.9. The van der Waals surface area contributed by atoms with Gasteiger partial charge in [-0.15, -0.1) is 0 Å². The number of hydrogen-bond acceptors (Lipinski definition) is 3. The highest BCUT2D eigenvalue weighted by atomic mass is 35.5. The molecule has 0 radical (unpaired) electrons. The summed E-state index contributed by atoms with van der Waals surface area (Å²) in [7, 11) is 0. The SMILES string of the molecule is O=C(Nc1cc(-n2cccc2)ccc1F)c1cc(Cl)c2c(c1)OCCO2. The second kappa shape index (κ2) is 6.72. The van der Waals surface area contributed by atoms with Crippen LogP contribution in [0.15, 0.2) is 54.9 Å². The monoisotopic (exact) mass is 372 g/mol. The molecule has 0 saturated carbocycles. The van der Waals surface area contributed by atoms with Crippen molar-refractivity contribution < 1.29 is 18.7 Å². The van der Waals surface area contributed by atoms with E-state index < -0.39 is 11.7 Å². The lowest BCUT2D eigenvalue weighted by Gasteiger charge is -2.20. The number of fused-ring (bicyclic) bond motifs is 1. The molecule has 0 saturated heterocycles. The minimum atomic E-state index is -0.530. The normalized spacial score (nSPS) is 12.7. The van der Waals surface area contributed by atoms with Gasteiger partial charge in [-0.1, -0.05) is 11.6 Å².